The monoisotopic (exact) mass is 220 g/mol. The van der Waals surface area contributed by atoms with Crippen molar-refractivity contribution in [2.24, 2.45) is 5.92 Å². The minimum Gasteiger partial charge on any atom is -0.392 e. The molecule has 1 aliphatic carbocycles. The molecule has 0 spiro atoms. The SMILES string of the molecule is OCc1cncc(NCC2CCCCC2)c1. The summed E-state index contributed by atoms with van der Waals surface area (Å²) in [6.07, 6.45) is 10.4. The second-order valence-electron chi connectivity index (χ2n) is 4.62. The van der Waals surface area contributed by atoms with E-state index in [0.29, 0.717) is 0 Å². The highest BCUT2D eigenvalue weighted by atomic mass is 16.3. The van der Waals surface area contributed by atoms with Gasteiger partial charge in [0.1, 0.15) is 0 Å². The summed E-state index contributed by atoms with van der Waals surface area (Å²) in [7, 11) is 0. The maximum Gasteiger partial charge on any atom is 0.0697 e. The van der Waals surface area contributed by atoms with Gasteiger partial charge in [0.2, 0.25) is 0 Å². The molecule has 0 aromatic carbocycles. The first kappa shape index (κ1) is 11.4. The van der Waals surface area contributed by atoms with Gasteiger partial charge >= 0.3 is 0 Å². The zero-order chi connectivity index (χ0) is 11.2. The Morgan fingerprint density at radius 1 is 1.25 bits per heavy atom. The van der Waals surface area contributed by atoms with E-state index >= 15 is 0 Å². The van der Waals surface area contributed by atoms with Crippen LogP contribution < -0.4 is 5.32 Å². The molecule has 2 rings (SSSR count). The summed E-state index contributed by atoms with van der Waals surface area (Å²) in [5, 5.41) is 12.4. The van der Waals surface area contributed by atoms with Crippen LogP contribution in [0.1, 0.15) is 37.7 Å². The van der Waals surface area contributed by atoms with Gasteiger partial charge in [-0.1, -0.05) is 19.3 Å². The summed E-state index contributed by atoms with van der Waals surface area (Å²) in [5.41, 5.74) is 1.89. The molecule has 1 aliphatic rings. The highest BCUT2D eigenvalue weighted by Crippen LogP contribution is 2.23. The summed E-state index contributed by atoms with van der Waals surface area (Å²) >= 11 is 0. The maximum absolute atomic E-state index is 9.01. The first-order valence-electron chi connectivity index (χ1n) is 6.17. The Bertz CT molecular complexity index is 321. The molecular weight excluding hydrogens is 200 g/mol. The number of aliphatic hydroxyl groups is 1. The van der Waals surface area contributed by atoms with Gasteiger partial charge in [0.25, 0.3) is 0 Å². The molecule has 0 bridgehead atoms. The first-order valence-corrected chi connectivity index (χ1v) is 6.17. The molecule has 0 radical (unpaired) electrons. The smallest absolute Gasteiger partial charge is 0.0697 e. The third-order valence-corrected chi connectivity index (χ3v) is 3.30. The van der Waals surface area contributed by atoms with E-state index in [2.05, 4.69) is 10.3 Å². The van der Waals surface area contributed by atoms with Crippen LogP contribution in [0.3, 0.4) is 0 Å². The molecule has 1 aromatic rings. The number of nitrogens with zero attached hydrogens (tertiary/aromatic N) is 1. The van der Waals surface area contributed by atoms with Gasteiger partial charge in [0.15, 0.2) is 0 Å². The highest BCUT2D eigenvalue weighted by molar-refractivity contribution is 5.42. The number of anilines is 1. The summed E-state index contributed by atoms with van der Waals surface area (Å²) < 4.78 is 0. The van der Waals surface area contributed by atoms with Gasteiger partial charge in [-0.25, -0.2) is 0 Å². The van der Waals surface area contributed by atoms with E-state index in [1.807, 2.05) is 12.3 Å². The molecule has 1 heterocycles. The van der Waals surface area contributed by atoms with Gasteiger partial charge in [-0.05, 0) is 30.4 Å². The number of aliphatic hydroxyl groups excluding tert-OH is 1. The standard InChI is InChI=1S/C13H20N2O/c16-10-12-6-13(9-14-7-12)15-8-11-4-2-1-3-5-11/h6-7,9,11,15-16H,1-5,8,10H2. The molecule has 0 unspecified atom stereocenters. The van der Waals surface area contributed by atoms with E-state index in [9.17, 15) is 0 Å². The van der Waals surface area contributed by atoms with Gasteiger partial charge in [0, 0.05) is 18.9 Å². The van der Waals surface area contributed by atoms with E-state index in [1.165, 1.54) is 32.1 Å². The maximum atomic E-state index is 9.01. The number of nitrogens with one attached hydrogen (secondary N) is 1. The van der Waals surface area contributed by atoms with E-state index in [4.69, 9.17) is 5.11 Å². The molecule has 88 valence electrons. The fourth-order valence-corrected chi connectivity index (χ4v) is 2.32. The zero-order valence-electron chi connectivity index (χ0n) is 9.65. The van der Waals surface area contributed by atoms with Gasteiger partial charge in [-0.2, -0.15) is 0 Å². The lowest BCUT2D eigenvalue weighted by atomic mass is 9.89. The Kier molecular flexibility index (Phi) is 4.17. The summed E-state index contributed by atoms with van der Waals surface area (Å²) in [4.78, 5) is 4.10. The molecule has 16 heavy (non-hydrogen) atoms. The summed E-state index contributed by atoms with van der Waals surface area (Å²) in [5.74, 6) is 0.812. The van der Waals surface area contributed by atoms with Crippen LogP contribution in [0.15, 0.2) is 18.5 Å². The number of aromatic nitrogens is 1. The average molecular weight is 220 g/mol. The molecule has 3 nitrogen and oxygen atoms in total. The fraction of sp³-hybridized carbons (Fsp3) is 0.615. The Hall–Kier alpha value is -1.09. The molecule has 1 fully saturated rings. The molecular formula is C13H20N2O. The van der Waals surface area contributed by atoms with Crippen LogP contribution in [0.4, 0.5) is 5.69 Å². The van der Waals surface area contributed by atoms with Crippen LogP contribution in [0, 0.1) is 5.92 Å². The lowest BCUT2D eigenvalue weighted by Gasteiger charge is -2.22. The van der Waals surface area contributed by atoms with E-state index in [-0.39, 0.29) is 6.61 Å². The molecule has 2 N–H and O–H groups in total. The van der Waals surface area contributed by atoms with Crippen molar-refractivity contribution in [3.8, 4) is 0 Å². The van der Waals surface area contributed by atoms with Crippen LogP contribution >= 0.6 is 0 Å². The third kappa shape index (κ3) is 3.20. The molecule has 0 saturated heterocycles. The average Bonchev–Trinajstić information content (AvgIpc) is 2.38. The normalized spacial score (nSPS) is 17.3. The van der Waals surface area contributed by atoms with Gasteiger partial charge in [-0.3, -0.25) is 4.98 Å². The Morgan fingerprint density at radius 3 is 2.81 bits per heavy atom. The third-order valence-electron chi connectivity index (χ3n) is 3.30. The number of hydrogen-bond acceptors (Lipinski definition) is 3. The second kappa shape index (κ2) is 5.85. The van der Waals surface area contributed by atoms with Crippen LogP contribution in [0.5, 0.6) is 0 Å². The van der Waals surface area contributed by atoms with Gasteiger partial charge < -0.3 is 10.4 Å². The topological polar surface area (TPSA) is 45.2 Å². The van der Waals surface area contributed by atoms with Crippen molar-refractivity contribution in [2.45, 2.75) is 38.7 Å². The number of hydrogen-bond donors (Lipinski definition) is 2. The van der Waals surface area contributed by atoms with Crippen molar-refractivity contribution in [3.63, 3.8) is 0 Å². The van der Waals surface area contributed by atoms with Gasteiger partial charge in [0.05, 0.1) is 12.3 Å². The predicted octanol–water partition coefficient (Wildman–Crippen LogP) is 2.57. The molecule has 0 aliphatic heterocycles. The minimum absolute atomic E-state index is 0.0615. The Balaban J connectivity index is 1.83. The van der Waals surface area contributed by atoms with Crippen molar-refractivity contribution in [2.75, 3.05) is 11.9 Å². The van der Waals surface area contributed by atoms with Gasteiger partial charge in [-0.15, -0.1) is 0 Å². The van der Waals surface area contributed by atoms with Crippen LogP contribution in [0.2, 0.25) is 0 Å². The van der Waals surface area contributed by atoms with E-state index in [1.54, 1.807) is 6.20 Å². The van der Waals surface area contributed by atoms with Crippen molar-refractivity contribution in [1.82, 2.24) is 4.98 Å². The number of pyridine rings is 1. The van der Waals surface area contributed by atoms with Crippen molar-refractivity contribution >= 4 is 5.69 Å². The van der Waals surface area contributed by atoms with Crippen LogP contribution in [0.25, 0.3) is 0 Å². The molecule has 0 atom stereocenters. The minimum atomic E-state index is 0.0615. The predicted molar refractivity (Wildman–Crippen MR) is 65.2 cm³/mol. The lowest BCUT2D eigenvalue weighted by molar-refractivity contribution is 0.281. The Labute approximate surface area is 96.9 Å². The van der Waals surface area contributed by atoms with Crippen LogP contribution in [-0.2, 0) is 6.61 Å². The fourth-order valence-electron chi connectivity index (χ4n) is 2.32. The summed E-state index contributed by atoms with van der Waals surface area (Å²) in [6, 6.07) is 1.97. The molecule has 0 amide bonds. The molecule has 1 saturated carbocycles. The van der Waals surface area contributed by atoms with E-state index < -0.39 is 0 Å². The molecule has 1 aromatic heterocycles. The highest BCUT2D eigenvalue weighted by Gasteiger charge is 2.12. The molecule has 3 heteroatoms. The lowest BCUT2D eigenvalue weighted by Crippen LogP contribution is -2.17. The first-order chi connectivity index (χ1) is 7.88. The second-order valence-corrected chi connectivity index (χ2v) is 4.62. The van der Waals surface area contributed by atoms with Crippen molar-refractivity contribution < 1.29 is 5.11 Å². The van der Waals surface area contributed by atoms with Crippen LogP contribution in [-0.4, -0.2) is 16.6 Å². The van der Waals surface area contributed by atoms with E-state index in [0.717, 1.165) is 23.7 Å². The van der Waals surface area contributed by atoms with Crippen molar-refractivity contribution in [3.05, 3.63) is 24.0 Å². The van der Waals surface area contributed by atoms with Crippen molar-refractivity contribution in [1.29, 1.82) is 0 Å². The number of rotatable bonds is 4. The zero-order valence-corrected chi connectivity index (χ0v) is 9.65. The summed E-state index contributed by atoms with van der Waals surface area (Å²) in [6.45, 7) is 1.10. The quantitative estimate of drug-likeness (QED) is 0.819. The largest absolute Gasteiger partial charge is 0.392 e. The Morgan fingerprint density at radius 2 is 2.06 bits per heavy atom.